The maximum atomic E-state index is 12.2. The van der Waals surface area contributed by atoms with Crippen LogP contribution in [-0.2, 0) is 17.1 Å². The van der Waals surface area contributed by atoms with Crippen molar-refractivity contribution >= 4 is 21.7 Å². The molecule has 0 spiro atoms. The first kappa shape index (κ1) is 13.3. The number of anilines is 2. The predicted octanol–water partition coefficient (Wildman–Crippen LogP) is 0.815. The molecule has 19 heavy (non-hydrogen) atoms. The van der Waals surface area contributed by atoms with E-state index in [1.165, 1.54) is 10.9 Å². The molecule has 2 aromatic rings. The number of hydrogen-bond donors (Lipinski definition) is 2. The van der Waals surface area contributed by atoms with Gasteiger partial charge in [0.05, 0.1) is 6.33 Å². The maximum absolute atomic E-state index is 12.2. The van der Waals surface area contributed by atoms with Crippen molar-refractivity contribution in [1.29, 1.82) is 0 Å². The topological polar surface area (TPSA) is 103 Å². The molecule has 2 rings (SSSR count). The molecule has 0 unspecified atom stereocenters. The van der Waals surface area contributed by atoms with Crippen molar-refractivity contribution in [2.24, 2.45) is 7.05 Å². The van der Waals surface area contributed by atoms with E-state index in [-0.39, 0.29) is 16.7 Å². The van der Waals surface area contributed by atoms with Crippen molar-refractivity contribution in [3.05, 3.63) is 29.7 Å². The molecule has 0 fully saturated rings. The normalized spacial score (nSPS) is 11.5. The Balaban J connectivity index is 2.42. The highest BCUT2D eigenvalue weighted by Gasteiger charge is 2.23. The van der Waals surface area contributed by atoms with Crippen LogP contribution in [0, 0.1) is 13.8 Å². The number of pyridine rings is 1. The number of aromatic nitrogens is 3. The Labute approximate surface area is 111 Å². The van der Waals surface area contributed by atoms with Crippen molar-refractivity contribution in [1.82, 2.24) is 14.5 Å². The van der Waals surface area contributed by atoms with E-state index in [2.05, 4.69) is 14.7 Å². The Morgan fingerprint density at radius 1 is 1.32 bits per heavy atom. The van der Waals surface area contributed by atoms with Gasteiger partial charge in [-0.2, -0.15) is 8.42 Å². The first-order valence-corrected chi connectivity index (χ1v) is 7.03. The molecule has 102 valence electrons. The molecule has 0 aromatic carbocycles. The van der Waals surface area contributed by atoms with Gasteiger partial charge < -0.3 is 10.3 Å². The summed E-state index contributed by atoms with van der Waals surface area (Å²) in [5.74, 6) is 0.220. The minimum atomic E-state index is -3.80. The van der Waals surface area contributed by atoms with Gasteiger partial charge in [-0.25, -0.2) is 9.97 Å². The van der Waals surface area contributed by atoms with Gasteiger partial charge in [0.25, 0.3) is 10.0 Å². The molecule has 3 N–H and O–H groups in total. The Morgan fingerprint density at radius 2 is 2.00 bits per heavy atom. The highest BCUT2D eigenvalue weighted by molar-refractivity contribution is 7.92. The third-order valence-corrected chi connectivity index (χ3v) is 3.98. The van der Waals surface area contributed by atoms with Crippen molar-refractivity contribution in [3.63, 3.8) is 0 Å². The predicted molar refractivity (Wildman–Crippen MR) is 72.1 cm³/mol. The lowest BCUT2D eigenvalue weighted by Crippen LogP contribution is -2.18. The summed E-state index contributed by atoms with van der Waals surface area (Å²) in [6.07, 6.45) is 1.35. The smallest absolute Gasteiger partial charge is 0.282 e. The number of nitrogens with two attached hydrogens (primary N) is 1. The van der Waals surface area contributed by atoms with E-state index in [4.69, 9.17) is 5.73 Å². The van der Waals surface area contributed by atoms with Crippen molar-refractivity contribution in [3.8, 4) is 0 Å². The fourth-order valence-corrected chi connectivity index (χ4v) is 3.07. The number of rotatable bonds is 3. The van der Waals surface area contributed by atoms with E-state index in [1.54, 1.807) is 20.0 Å². The van der Waals surface area contributed by atoms with Crippen LogP contribution in [0.25, 0.3) is 0 Å². The van der Waals surface area contributed by atoms with Crippen LogP contribution in [0.2, 0.25) is 0 Å². The number of hydrogen-bond acceptors (Lipinski definition) is 5. The lowest BCUT2D eigenvalue weighted by atomic mass is 10.2. The first-order chi connectivity index (χ1) is 8.79. The molecule has 0 aliphatic carbocycles. The number of nitrogens with zero attached hydrogens (tertiary/aromatic N) is 3. The summed E-state index contributed by atoms with van der Waals surface area (Å²) in [5, 5.41) is -0.0755. The van der Waals surface area contributed by atoms with E-state index >= 15 is 0 Å². The third kappa shape index (κ3) is 2.68. The molecule has 2 aromatic heterocycles. The molecule has 8 heteroatoms. The van der Waals surface area contributed by atoms with E-state index < -0.39 is 10.0 Å². The van der Waals surface area contributed by atoms with E-state index in [1.807, 2.05) is 13.0 Å². The Kier molecular flexibility index (Phi) is 3.19. The Hall–Kier alpha value is -2.09. The Morgan fingerprint density at radius 3 is 2.53 bits per heavy atom. The van der Waals surface area contributed by atoms with Crippen LogP contribution in [-0.4, -0.2) is 23.0 Å². The number of aryl methyl sites for hydroxylation is 3. The van der Waals surface area contributed by atoms with Crippen LogP contribution < -0.4 is 10.5 Å². The molecule has 0 atom stereocenters. The summed E-state index contributed by atoms with van der Waals surface area (Å²) in [6, 6.07) is 3.51. The average molecular weight is 281 g/mol. The van der Waals surface area contributed by atoms with Crippen molar-refractivity contribution < 1.29 is 8.42 Å². The highest BCUT2D eigenvalue weighted by Crippen LogP contribution is 2.19. The fraction of sp³-hybridized carbons (Fsp3) is 0.273. The standard InChI is InChI=1S/C11H15N5O2S/c1-7-4-8(2)14-9(5-7)15-19(17,18)11-10(12)13-6-16(11)3/h4-6H,12H2,1-3H3,(H,14,15). The van der Waals surface area contributed by atoms with E-state index in [0.717, 1.165) is 11.3 Å². The summed E-state index contributed by atoms with van der Waals surface area (Å²) < 4.78 is 28.2. The first-order valence-electron chi connectivity index (χ1n) is 5.54. The van der Waals surface area contributed by atoms with Gasteiger partial charge in [-0.15, -0.1) is 0 Å². The van der Waals surface area contributed by atoms with Gasteiger partial charge in [0, 0.05) is 12.7 Å². The molecule has 2 heterocycles. The summed E-state index contributed by atoms with van der Waals surface area (Å²) in [7, 11) is -2.24. The van der Waals surface area contributed by atoms with Crippen LogP contribution in [0.1, 0.15) is 11.3 Å². The minimum Gasteiger partial charge on any atom is -0.381 e. The molecule has 0 saturated carbocycles. The second-order valence-electron chi connectivity index (χ2n) is 4.32. The maximum Gasteiger partial charge on any atom is 0.282 e. The number of nitrogen functional groups attached to an aromatic ring is 1. The number of sulfonamides is 1. The van der Waals surface area contributed by atoms with Crippen LogP contribution in [0.5, 0.6) is 0 Å². The van der Waals surface area contributed by atoms with Gasteiger partial charge in [-0.05, 0) is 31.5 Å². The number of nitrogens with one attached hydrogen (secondary N) is 1. The van der Waals surface area contributed by atoms with Crippen LogP contribution in [0.15, 0.2) is 23.5 Å². The third-order valence-electron chi connectivity index (χ3n) is 2.50. The van der Waals surface area contributed by atoms with Gasteiger partial charge in [-0.3, -0.25) is 4.72 Å². The zero-order chi connectivity index (χ0) is 14.2. The van der Waals surface area contributed by atoms with Gasteiger partial charge >= 0.3 is 0 Å². The lowest BCUT2D eigenvalue weighted by molar-refractivity contribution is 0.591. The summed E-state index contributed by atoms with van der Waals surface area (Å²) >= 11 is 0. The molecule has 0 aliphatic rings. The van der Waals surface area contributed by atoms with Gasteiger partial charge in [0.15, 0.2) is 10.8 Å². The SMILES string of the molecule is Cc1cc(C)nc(NS(=O)(=O)c2c(N)ncn2C)c1. The van der Waals surface area contributed by atoms with Gasteiger partial charge in [0.1, 0.15) is 5.82 Å². The largest absolute Gasteiger partial charge is 0.381 e. The van der Waals surface area contributed by atoms with E-state index in [9.17, 15) is 8.42 Å². The van der Waals surface area contributed by atoms with Crippen LogP contribution >= 0.6 is 0 Å². The molecule has 0 saturated heterocycles. The molecule has 7 nitrogen and oxygen atoms in total. The van der Waals surface area contributed by atoms with Gasteiger partial charge in [0.2, 0.25) is 0 Å². The van der Waals surface area contributed by atoms with Crippen molar-refractivity contribution in [2.45, 2.75) is 18.9 Å². The van der Waals surface area contributed by atoms with E-state index in [0.29, 0.717) is 0 Å². The summed E-state index contributed by atoms with van der Waals surface area (Å²) in [6.45, 7) is 3.66. The summed E-state index contributed by atoms with van der Waals surface area (Å²) in [4.78, 5) is 7.89. The zero-order valence-corrected chi connectivity index (χ0v) is 11.7. The van der Waals surface area contributed by atoms with Crippen LogP contribution in [0.4, 0.5) is 11.6 Å². The minimum absolute atomic E-state index is 0.0422. The van der Waals surface area contributed by atoms with Crippen molar-refractivity contribution in [2.75, 3.05) is 10.5 Å². The molecule has 0 aliphatic heterocycles. The molecular formula is C11H15N5O2S. The average Bonchev–Trinajstić information content (AvgIpc) is 2.56. The second kappa shape index (κ2) is 4.54. The molecular weight excluding hydrogens is 266 g/mol. The molecule has 0 radical (unpaired) electrons. The lowest BCUT2D eigenvalue weighted by Gasteiger charge is -2.09. The van der Waals surface area contributed by atoms with Gasteiger partial charge in [-0.1, -0.05) is 0 Å². The zero-order valence-electron chi connectivity index (χ0n) is 10.9. The quantitative estimate of drug-likeness (QED) is 0.866. The Bertz CT molecular complexity index is 681. The molecule has 0 bridgehead atoms. The van der Waals surface area contributed by atoms with Crippen LogP contribution in [0.3, 0.4) is 0 Å². The summed E-state index contributed by atoms with van der Waals surface area (Å²) in [5.41, 5.74) is 7.22. The number of imidazole rings is 1. The fourth-order valence-electron chi connectivity index (χ4n) is 1.84. The molecule has 0 amide bonds. The monoisotopic (exact) mass is 281 g/mol. The highest BCUT2D eigenvalue weighted by atomic mass is 32.2. The second-order valence-corrected chi connectivity index (χ2v) is 5.92.